The first-order valence-electron chi connectivity index (χ1n) is 7.99. The Kier molecular flexibility index (Phi) is 5.38. The minimum Gasteiger partial charge on any atom is -0.481 e. The van der Waals surface area contributed by atoms with Gasteiger partial charge < -0.3 is 15.8 Å². The van der Waals surface area contributed by atoms with Crippen molar-refractivity contribution in [2.45, 2.75) is 0 Å². The molecule has 3 N–H and O–H groups in total. The van der Waals surface area contributed by atoms with Crippen LogP contribution in [0, 0.1) is 0 Å². The number of rotatable bonds is 5. The van der Waals surface area contributed by atoms with Gasteiger partial charge in [-0.1, -0.05) is 23.7 Å². The summed E-state index contributed by atoms with van der Waals surface area (Å²) < 4.78 is 4.99. The van der Waals surface area contributed by atoms with Crippen molar-refractivity contribution in [1.82, 2.24) is 4.98 Å². The molecule has 7 heteroatoms. The number of carbonyl (C=O) groups is 2. The predicted molar refractivity (Wildman–Crippen MR) is 104 cm³/mol. The molecule has 0 aliphatic heterocycles. The molecular formula is C20H16ClN3O3. The van der Waals surface area contributed by atoms with Crippen LogP contribution in [0.5, 0.6) is 5.88 Å². The number of nitrogens with two attached hydrogens (primary N) is 1. The van der Waals surface area contributed by atoms with E-state index in [4.69, 9.17) is 22.1 Å². The molecule has 0 aliphatic carbocycles. The highest BCUT2D eigenvalue weighted by Gasteiger charge is 2.12. The lowest BCUT2D eigenvalue weighted by Gasteiger charge is -2.10. The number of nitrogens with zero attached hydrogens (tertiary/aromatic N) is 1. The first-order valence-corrected chi connectivity index (χ1v) is 8.37. The van der Waals surface area contributed by atoms with E-state index < -0.39 is 5.91 Å². The average molecular weight is 382 g/mol. The Morgan fingerprint density at radius 3 is 2.56 bits per heavy atom. The Hall–Kier alpha value is -3.38. The second-order valence-electron chi connectivity index (χ2n) is 5.68. The molecule has 0 radical (unpaired) electrons. The summed E-state index contributed by atoms with van der Waals surface area (Å²) in [5.41, 5.74) is 7.96. The SMILES string of the molecule is COc1ccc(NC(=O)c2ccc(Cl)c(-c3cccc(C(N)=O)c3)c2)cn1. The van der Waals surface area contributed by atoms with E-state index in [0.29, 0.717) is 38.8 Å². The molecule has 2 aromatic carbocycles. The van der Waals surface area contributed by atoms with Crippen molar-refractivity contribution >= 4 is 29.1 Å². The fourth-order valence-corrected chi connectivity index (χ4v) is 2.73. The van der Waals surface area contributed by atoms with E-state index in [1.165, 1.54) is 13.3 Å². The van der Waals surface area contributed by atoms with Gasteiger partial charge in [-0.3, -0.25) is 9.59 Å². The molecule has 0 aliphatic rings. The van der Waals surface area contributed by atoms with Gasteiger partial charge in [-0.05, 0) is 42.0 Å². The molecule has 6 nitrogen and oxygen atoms in total. The zero-order valence-corrected chi connectivity index (χ0v) is 15.2. The Morgan fingerprint density at radius 1 is 1.07 bits per heavy atom. The van der Waals surface area contributed by atoms with Gasteiger partial charge in [0.2, 0.25) is 11.8 Å². The Labute approximate surface area is 160 Å². The number of hydrogen-bond acceptors (Lipinski definition) is 4. The van der Waals surface area contributed by atoms with Gasteiger partial charge >= 0.3 is 0 Å². The molecule has 0 spiro atoms. The molecule has 136 valence electrons. The summed E-state index contributed by atoms with van der Waals surface area (Å²) in [5.74, 6) is -0.393. The van der Waals surface area contributed by atoms with Gasteiger partial charge in [-0.15, -0.1) is 0 Å². The highest BCUT2D eigenvalue weighted by molar-refractivity contribution is 6.33. The van der Waals surface area contributed by atoms with Crippen molar-refractivity contribution in [2.75, 3.05) is 12.4 Å². The number of aromatic nitrogens is 1. The van der Waals surface area contributed by atoms with Gasteiger partial charge in [0, 0.05) is 27.8 Å². The van der Waals surface area contributed by atoms with Crippen LogP contribution in [0.1, 0.15) is 20.7 Å². The van der Waals surface area contributed by atoms with E-state index in [1.54, 1.807) is 54.6 Å². The van der Waals surface area contributed by atoms with Crippen LogP contribution in [0.4, 0.5) is 5.69 Å². The van der Waals surface area contributed by atoms with Crippen molar-refractivity contribution in [3.05, 3.63) is 76.9 Å². The van der Waals surface area contributed by atoms with Crippen molar-refractivity contribution in [3.63, 3.8) is 0 Å². The van der Waals surface area contributed by atoms with Crippen LogP contribution in [0.15, 0.2) is 60.8 Å². The van der Waals surface area contributed by atoms with E-state index in [2.05, 4.69) is 10.3 Å². The molecular weight excluding hydrogens is 366 g/mol. The van der Waals surface area contributed by atoms with Crippen molar-refractivity contribution in [3.8, 4) is 17.0 Å². The summed E-state index contributed by atoms with van der Waals surface area (Å²) in [6, 6.07) is 15.0. The number of amides is 2. The fraction of sp³-hybridized carbons (Fsp3) is 0.0500. The third kappa shape index (κ3) is 4.24. The van der Waals surface area contributed by atoms with Crippen molar-refractivity contribution in [1.29, 1.82) is 0 Å². The van der Waals surface area contributed by atoms with Crippen molar-refractivity contribution in [2.24, 2.45) is 5.73 Å². The Balaban J connectivity index is 1.89. The van der Waals surface area contributed by atoms with Gasteiger partial charge in [0.15, 0.2) is 0 Å². The number of pyridine rings is 1. The summed E-state index contributed by atoms with van der Waals surface area (Å²) in [4.78, 5) is 28.0. The summed E-state index contributed by atoms with van der Waals surface area (Å²) in [6.07, 6.45) is 1.50. The van der Waals surface area contributed by atoms with Gasteiger partial charge in [0.05, 0.1) is 19.0 Å². The average Bonchev–Trinajstić information content (AvgIpc) is 2.69. The van der Waals surface area contributed by atoms with E-state index in [-0.39, 0.29) is 5.91 Å². The number of hydrogen-bond donors (Lipinski definition) is 2. The minimum atomic E-state index is -0.533. The lowest BCUT2D eigenvalue weighted by molar-refractivity contribution is 0.0997. The molecule has 1 aromatic heterocycles. The number of benzene rings is 2. The van der Waals surface area contributed by atoms with Gasteiger partial charge in [-0.25, -0.2) is 4.98 Å². The Bertz CT molecular complexity index is 1000. The van der Waals surface area contributed by atoms with Crippen LogP contribution in [-0.2, 0) is 0 Å². The van der Waals surface area contributed by atoms with E-state index in [9.17, 15) is 9.59 Å². The number of anilines is 1. The molecule has 0 atom stereocenters. The second kappa shape index (κ2) is 7.88. The smallest absolute Gasteiger partial charge is 0.255 e. The molecule has 0 saturated heterocycles. The number of halogens is 1. The van der Waals surface area contributed by atoms with Gasteiger partial charge in [0.1, 0.15) is 0 Å². The fourth-order valence-electron chi connectivity index (χ4n) is 2.51. The number of ether oxygens (including phenoxy) is 1. The summed E-state index contributed by atoms with van der Waals surface area (Å²) in [6.45, 7) is 0. The van der Waals surface area contributed by atoms with Gasteiger partial charge in [-0.2, -0.15) is 0 Å². The largest absolute Gasteiger partial charge is 0.481 e. The monoisotopic (exact) mass is 381 g/mol. The standard InChI is InChI=1S/C20H16ClN3O3/c1-27-18-8-6-15(11-23-18)24-20(26)14-5-7-17(21)16(10-14)12-3-2-4-13(9-12)19(22)25/h2-11H,1H3,(H2,22,25)(H,24,26). The minimum absolute atomic E-state index is 0.314. The molecule has 3 aromatic rings. The zero-order valence-electron chi connectivity index (χ0n) is 14.4. The molecule has 3 rings (SSSR count). The number of primary amides is 1. The first-order chi connectivity index (χ1) is 13.0. The number of methoxy groups -OCH3 is 1. The number of carbonyl (C=O) groups excluding carboxylic acids is 2. The third-order valence-electron chi connectivity index (χ3n) is 3.89. The Morgan fingerprint density at radius 2 is 1.89 bits per heavy atom. The third-order valence-corrected chi connectivity index (χ3v) is 4.22. The summed E-state index contributed by atoms with van der Waals surface area (Å²) >= 11 is 6.29. The molecule has 27 heavy (non-hydrogen) atoms. The summed E-state index contributed by atoms with van der Waals surface area (Å²) in [7, 11) is 1.52. The van der Waals surface area contributed by atoms with Crippen LogP contribution >= 0.6 is 11.6 Å². The summed E-state index contributed by atoms with van der Waals surface area (Å²) in [5, 5.41) is 3.22. The molecule has 2 amide bonds. The maximum absolute atomic E-state index is 12.6. The predicted octanol–water partition coefficient (Wildman–Crippen LogP) is 3.76. The van der Waals surface area contributed by atoms with Crippen LogP contribution in [-0.4, -0.2) is 23.9 Å². The van der Waals surface area contributed by atoms with Crippen molar-refractivity contribution < 1.29 is 14.3 Å². The molecule has 0 saturated carbocycles. The van der Waals surface area contributed by atoms with Crippen LogP contribution in [0.2, 0.25) is 5.02 Å². The maximum Gasteiger partial charge on any atom is 0.255 e. The topological polar surface area (TPSA) is 94.3 Å². The van der Waals surface area contributed by atoms with Crippen LogP contribution in [0.3, 0.4) is 0 Å². The highest BCUT2D eigenvalue weighted by atomic mass is 35.5. The molecule has 0 bridgehead atoms. The van der Waals surface area contributed by atoms with E-state index in [1.807, 2.05) is 0 Å². The second-order valence-corrected chi connectivity index (χ2v) is 6.09. The first kappa shape index (κ1) is 18.4. The van der Waals surface area contributed by atoms with Gasteiger partial charge in [0.25, 0.3) is 5.91 Å². The molecule has 0 fully saturated rings. The number of nitrogens with one attached hydrogen (secondary N) is 1. The molecule has 1 heterocycles. The van der Waals surface area contributed by atoms with E-state index >= 15 is 0 Å². The molecule has 0 unspecified atom stereocenters. The lowest BCUT2D eigenvalue weighted by Crippen LogP contribution is -2.12. The van der Waals surface area contributed by atoms with E-state index in [0.717, 1.165) is 0 Å². The quantitative estimate of drug-likeness (QED) is 0.703. The normalized spacial score (nSPS) is 10.3. The maximum atomic E-state index is 12.6. The van der Waals surface area contributed by atoms with Crippen LogP contribution in [0.25, 0.3) is 11.1 Å². The highest BCUT2D eigenvalue weighted by Crippen LogP contribution is 2.30. The van der Waals surface area contributed by atoms with Crippen LogP contribution < -0.4 is 15.8 Å². The zero-order chi connectivity index (χ0) is 19.4. The lowest BCUT2D eigenvalue weighted by atomic mass is 10.0.